The molecule has 2 heterocycles. The fraction of sp³-hybridized carbons (Fsp3) is 0.200. The summed E-state index contributed by atoms with van der Waals surface area (Å²) in [5, 5.41) is 11.9. The van der Waals surface area contributed by atoms with Gasteiger partial charge in [-0.2, -0.15) is 5.10 Å². The molecule has 4 rings (SSSR count). The number of rotatable bonds is 6. The largest absolute Gasteiger partial charge is 0.382 e. The quantitative estimate of drug-likeness (QED) is 0.314. The Labute approximate surface area is 205 Å². The summed E-state index contributed by atoms with van der Waals surface area (Å²) in [4.78, 5) is 29.5. The van der Waals surface area contributed by atoms with Crippen molar-refractivity contribution in [2.24, 2.45) is 0 Å². The van der Waals surface area contributed by atoms with Crippen molar-refractivity contribution in [2.45, 2.75) is 26.3 Å². The second-order valence-corrected chi connectivity index (χ2v) is 8.97. The van der Waals surface area contributed by atoms with Crippen LogP contribution in [0, 0.1) is 12.7 Å². The third-order valence-electron chi connectivity index (χ3n) is 5.43. The van der Waals surface area contributed by atoms with Gasteiger partial charge < -0.3 is 21.7 Å². The molecular formula is C25H25F2N7O2. The van der Waals surface area contributed by atoms with Crippen LogP contribution in [0.2, 0.25) is 0 Å². The van der Waals surface area contributed by atoms with E-state index in [0.29, 0.717) is 22.3 Å². The molecule has 9 nitrogen and oxygen atoms in total. The number of nitrogens with zero attached hydrogens (tertiary/aromatic N) is 3. The Morgan fingerprint density at radius 3 is 2.53 bits per heavy atom. The van der Waals surface area contributed by atoms with Crippen LogP contribution in [0.3, 0.4) is 0 Å². The standard InChI is InChI=1S/C25H25F2N7O2/c1-14-4-9-18(27)19(10-14)32-24(36)31-16-7-5-15(6-8-16)20-17(23(35)33-25(2,3)12-26)11-34-21(20)22(28)29-13-30-34/h4-11,13H,12H2,1-3H3,(H,33,35)(H2,28,29,30)(H2,31,32,36). The molecule has 36 heavy (non-hydrogen) atoms. The van der Waals surface area contributed by atoms with Crippen LogP contribution in [-0.4, -0.2) is 38.7 Å². The van der Waals surface area contributed by atoms with Gasteiger partial charge in [0.05, 0.1) is 16.8 Å². The molecule has 186 valence electrons. The van der Waals surface area contributed by atoms with Crippen LogP contribution >= 0.6 is 0 Å². The molecule has 0 spiro atoms. The molecule has 0 atom stereocenters. The Morgan fingerprint density at radius 2 is 1.83 bits per heavy atom. The zero-order chi connectivity index (χ0) is 26.0. The number of nitrogens with two attached hydrogens (primary N) is 1. The van der Waals surface area contributed by atoms with E-state index in [9.17, 15) is 18.4 Å². The molecule has 0 aliphatic rings. The fourth-order valence-electron chi connectivity index (χ4n) is 3.65. The number of carbonyl (C=O) groups excluding carboxylic acids is 2. The number of hydrogen-bond donors (Lipinski definition) is 4. The van der Waals surface area contributed by atoms with Gasteiger partial charge in [-0.25, -0.2) is 23.1 Å². The number of nitrogen functional groups attached to an aromatic ring is 1. The minimum absolute atomic E-state index is 0.0618. The summed E-state index contributed by atoms with van der Waals surface area (Å²) < 4.78 is 28.7. The maximum absolute atomic E-state index is 13.9. The van der Waals surface area contributed by atoms with Crippen LogP contribution in [-0.2, 0) is 0 Å². The van der Waals surface area contributed by atoms with Gasteiger partial charge in [-0.3, -0.25) is 4.79 Å². The van der Waals surface area contributed by atoms with Crippen LogP contribution in [0.25, 0.3) is 16.6 Å². The highest BCUT2D eigenvalue weighted by molar-refractivity contribution is 6.07. The number of alkyl halides is 1. The van der Waals surface area contributed by atoms with Crippen LogP contribution in [0.4, 0.5) is 30.8 Å². The van der Waals surface area contributed by atoms with Crippen molar-refractivity contribution in [3.8, 4) is 11.1 Å². The number of anilines is 3. The molecule has 2 aromatic heterocycles. The summed E-state index contributed by atoms with van der Waals surface area (Å²) >= 11 is 0. The summed E-state index contributed by atoms with van der Waals surface area (Å²) in [6, 6.07) is 10.4. The molecule has 0 aliphatic carbocycles. The van der Waals surface area contributed by atoms with Gasteiger partial charge in [0.15, 0.2) is 5.82 Å². The number of halogens is 2. The van der Waals surface area contributed by atoms with Gasteiger partial charge in [0.25, 0.3) is 5.91 Å². The lowest BCUT2D eigenvalue weighted by molar-refractivity contribution is 0.0900. The van der Waals surface area contributed by atoms with Crippen molar-refractivity contribution in [3.63, 3.8) is 0 Å². The number of carbonyl (C=O) groups is 2. The second-order valence-electron chi connectivity index (χ2n) is 8.97. The van der Waals surface area contributed by atoms with E-state index >= 15 is 0 Å². The number of urea groups is 1. The van der Waals surface area contributed by atoms with Crippen LogP contribution in [0.15, 0.2) is 55.0 Å². The van der Waals surface area contributed by atoms with Gasteiger partial charge in [0.2, 0.25) is 0 Å². The van der Waals surface area contributed by atoms with E-state index in [1.807, 2.05) is 0 Å². The van der Waals surface area contributed by atoms with Gasteiger partial charge in [0.1, 0.15) is 24.3 Å². The minimum Gasteiger partial charge on any atom is -0.382 e. The average molecular weight is 494 g/mol. The first-order chi connectivity index (χ1) is 17.1. The summed E-state index contributed by atoms with van der Waals surface area (Å²) in [6.45, 7) is 4.18. The summed E-state index contributed by atoms with van der Waals surface area (Å²) in [5.74, 6) is -0.891. The Kier molecular flexibility index (Phi) is 6.56. The third kappa shape index (κ3) is 5.09. The number of benzene rings is 2. The smallest absolute Gasteiger partial charge is 0.323 e. The number of amides is 3. The van der Waals surface area contributed by atoms with Gasteiger partial charge in [0, 0.05) is 17.4 Å². The van der Waals surface area contributed by atoms with Crippen molar-refractivity contribution >= 4 is 34.6 Å². The highest BCUT2D eigenvalue weighted by Gasteiger charge is 2.26. The fourth-order valence-corrected chi connectivity index (χ4v) is 3.65. The van der Waals surface area contributed by atoms with Crippen molar-refractivity contribution < 1.29 is 18.4 Å². The molecule has 2 aromatic carbocycles. The monoisotopic (exact) mass is 493 g/mol. The summed E-state index contributed by atoms with van der Waals surface area (Å²) in [6.07, 6.45) is 2.77. The normalized spacial score (nSPS) is 11.4. The van der Waals surface area contributed by atoms with Crippen LogP contribution < -0.4 is 21.7 Å². The SMILES string of the molecule is Cc1ccc(F)c(NC(=O)Nc2ccc(-c3c(C(=O)NC(C)(C)CF)cn4ncnc(N)c34)cc2)c1. The number of fused-ring (bicyclic) bond motifs is 1. The predicted octanol–water partition coefficient (Wildman–Crippen LogP) is 4.55. The lowest BCUT2D eigenvalue weighted by Gasteiger charge is -2.22. The van der Waals surface area contributed by atoms with Gasteiger partial charge in [-0.1, -0.05) is 18.2 Å². The molecule has 0 unspecified atom stereocenters. The van der Waals surface area contributed by atoms with E-state index in [-0.39, 0.29) is 17.1 Å². The first-order valence-electron chi connectivity index (χ1n) is 11.0. The molecule has 11 heteroatoms. The molecule has 0 aliphatic heterocycles. The Balaban J connectivity index is 1.63. The van der Waals surface area contributed by atoms with Gasteiger partial charge in [-0.05, 0) is 56.2 Å². The minimum atomic E-state index is -1.07. The number of nitrogens with one attached hydrogen (secondary N) is 3. The topological polar surface area (TPSA) is 126 Å². The van der Waals surface area contributed by atoms with E-state index in [1.54, 1.807) is 51.1 Å². The zero-order valence-electron chi connectivity index (χ0n) is 19.9. The van der Waals surface area contributed by atoms with E-state index in [4.69, 9.17) is 5.73 Å². The van der Waals surface area contributed by atoms with E-state index in [1.165, 1.54) is 29.2 Å². The van der Waals surface area contributed by atoms with Crippen molar-refractivity contribution in [2.75, 3.05) is 23.0 Å². The molecule has 0 radical (unpaired) electrons. The summed E-state index contributed by atoms with van der Waals surface area (Å²) in [7, 11) is 0. The molecule has 0 bridgehead atoms. The highest BCUT2D eigenvalue weighted by Crippen LogP contribution is 2.33. The van der Waals surface area contributed by atoms with Gasteiger partial charge >= 0.3 is 6.03 Å². The average Bonchev–Trinajstić information content (AvgIpc) is 3.23. The molecule has 0 saturated carbocycles. The van der Waals surface area contributed by atoms with Gasteiger partial charge in [-0.15, -0.1) is 0 Å². The van der Waals surface area contributed by atoms with Crippen LogP contribution in [0.1, 0.15) is 29.8 Å². The number of aromatic nitrogens is 3. The predicted molar refractivity (Wildman–Crippen MR) is 134 cm³/mol. The number of aryl methyl sites for hydroxylation is 1. The number of hydrogen-bond acceptors (Lipinski definition) is 5. The first kappa shape index (κ1) is 24.6. The Bertz CT molecular complexity index is 1450. The first-order valence-corrected chi connectivity index (χ1v) is 11.0. The molecule has 3 amide bonds. The Hall–Kier alpha value is -4.54. The van der Waals surface area contributed by atoms with E-state index < -0.39 is 30.0 Å². The third-order valence-corrected chi connectivity index (χ3v) is 5.43. The zero-order valence-corrected chi connectivity index (χ0v) is 19.9. The lowest BCUT2D eigenvalue weighted by Crippen LogP contribution is -2.45. The van der Waals surface area contributed by atoms with Crippen molar-refractivity contribution in [1.29, 1.82) is 0 Å². The van der Waals surface area contributed by atoms with Crippen molar-refractivity contribution in [1.82, 2.24) is 19.9 Å². The molecule has 0 saturated heterocycles. The molecular weight excluding hydrogens is 468 g/mol. The lowest BCUT2D eigenvalue weighted by atomic mass is 10.0. The summed E-state index contributed by atoms with van der Waals surface area (Å²) in [5.41, 5.74) is 8.01. The molecule has 4 aromatic rings. The van der Waals surface area contributed by atoms with Crippen LogP contribution in [0.5, 0.6) is 0 Å². The second kappa shape index (κ2) is 9.61. The molecule has 0 fully saturated rings. The maximum Gasteiger partial charge on any atom is 0.323 e. The maximum atomic E-state index is 13.9. The van der Waals surface area contributed by atoms with E-state index in [0.717, 1.165) is 5.56 Å². The molecule has 5 N–H and O–H groups in total. The van der Waals surface area contributed by atoms with Crippen molar-refractivity contribution in [3.05, 3.63) is 71.9 Å². The Morgan fingerprint density at radius 1 is 1.11 bits per heavy atom. The van der Waals surface area contributed by atoms with E-state index in [2.05, 4.69) is 26.0 Å². The highest BCUT2D eigenvalue weighted by atomic mass is 19.1.